The molecule has 24 heavy (non-hydrogen) atoms. The number of carbonyl (C=O) groups is 1. The largest absolute Gasteiger partial charge is 0.497 e. The number of fused-ring (bicyclic) bond motifs is 2. The van der Waals surface area contributed by atoms with Crippen molar-refractivity contribution in [2.24, 2.45) is 23.5 Å². The summed E-state index contributed by atoms with van der Waals surface area (Å²) < 4.78 is 5.23. The molecule has 130 valence electrons. The fourth-order valence-electron chi connectivity index (χ4n) is 4.86. The molecular weight excluding hydrogens is 300 g/mol. The van der Waals surface area contributed by atoms with E-state index >= 15 is 0 Å². The van der Waals surface area contributed by atoms with Gasteiger partial charge < -0.3 is 15.8 Å². The first-order chi connectivity index (χ1) is 11.6. The van der Waals surface area contributed by atoms with Gasteiger partial charge in [-0.15, -0.1) is 0 Å². The molecule has 2 unspecified atom stereocenters. The van der Waals surface area contributed by atoms with Gasteiger partial charge >= 0.3 is 0 Å². The van der Waals surface area contributed by atoms with Crippen LogP contribution in [0.2, 0.25) is 0 Å². The summed E-state index contributed by atoms with van der Waals surface area (Å²) in [7, 11) is 1.67. The molecule has 0 spiro atoms. The average Bonchev–Trinajstić information content (AvgIpc) is 3.35. The first kappa shape index (κ1) is 15.9. The van der Waals surface area contributed by atoms with E-state index in [1.807, 2.05) is 12.1 Å². The van der Waals surface area contributed by atoms with Gasteiger partial charge in [0.15, 0.2) is 0 Å². The first-order valence-corrected chi connectivity index (χ1v) is 9.33. The van der Waals surface area contributed by atoms with Crippen LogP contribution in [0.5, 0.6) is 5.75 Å². The Morgan fingerprint density at radius 1 is 1.17 bits per heavy atom. The Morgan fingerprint density at radius 3 is 2.33 bits per heavy atom. The molecule has 1 amide bonds. The van der Waals surface area contributed by atoms with Crippen LogP contribution in [-0.4, -0.2) is 19.1 Å². The SMILES string of the molecule is COc1ccc(C2(NC(=O)C3CC4CCCC(C3)C4N)CC2)cc1. The normalized spacial score (nSPS) is 33.6. The molecule has 2 atom stereocenters. The fraction of sp³-hybridized carbons (Fsp3) is 0.650. The zero-order valence-corrected chi connectivity index (χ0v) is 14.5. The highest BCUT2D eigenvalue weighted by Crippen LogP contribution is 2.47. The Bertz CT molecular complexity index is 595. The van der Waals surface area contributed by atoms with Crippen molar-refractivity contribution < 1.29 is 9.53 Å². The van der Waals surface area contributed by atoms with Crippen molar-refractivity contribution in [3.05, 3.63) is 29.8 Å². The van der Waals surface area contributed by atoms with Gasteiger partial charge in [0.05, 0.1) is 12.6 Å². The van der Waals surface area contributed by atoms with Crippen LogP contribution in [0.4, 0.5) is 0 Å². The number of ether oxygens (including phenoxy) is 1. The molecule has 3 aliphatic carbocycles. The van der Waals surface area contributed by atoms with E-state index in [9.17, 15) is 4.79 Å². The Balaban J connectivity index is 1.44. The quantitative estimate of drug-likeness (QED) is 0.893. The minimum Gasteiger partial charge on any atom is -0.497 e. The van der Waals surface area contributed by atoms with Crippen molar-refractivity contribution in [3.8, 4) is 5.75 Å². The lowest BCUT2D eigenvalue weighted by Crippen LogP contribution is -2.50. The van der Waals surface area contributed by atoms with Crippen LogP contribution in [-0.2, 0) is 10.3 Å². The third-order valence-corrected chi connectivity index (χ3v) is 6.54. The first-order valence-electron chi connectivity index (χ1n) is 9.33. The van der Waals surface area contributed by atoms with Crippen LogP contribution in [0.15, 0.2) is 24.3 Å². The predicted octanol–water partition coefficient (Wildman–Crippen LogP) is 2.95. The van der Waals surface area contributed by atoms with E-state index in [-0.39, 0.29) is 17.4 Å². The summed E-state index contributed by atoms with van der Waals surface area (Å²) in [5.41, 5.74) is 7.42. The number of rotatable bonds is 4. The summed E-state index contributed by atoms with van der Waals surface area (Å²) in [6.07, 6.45) is 7.70. The van der Waals surface area contributed by atoms with Crippen molar-refractivity contribution in [2.45, 2.75) is 56.5 Å². The maximum Gasteiger partial charge on any atom is 0.223 e. The van der Waals surface area contributed by atoms with Gasteiger partial charge in [0, 0.05) is 12.0 Å². The van der Waals surface area contributed by atoms with E-state index in [0.717, 1.165) is 31.4 Å². The van der Waals surface area contributed by atoms with Crippen LogP contribution in [0, 0.1) is 17.8 Å². The van der Waals surface area contributed by atoms with E-state index in [4.69, 9.17) is 10.5 Å². The average molecular weight is 328 g/mol. The zero-order chi connectivity index (χ0) is 16.7. The van der Waals surface area contributed by atoms with Gasteiger partial charge in [-0.3, -0.25) is 4.79 Å². The summed E-state index contributed by atoms with van der Waals surface area (Å²) in [5.74, 6) is 2.34. The lowest BCUT2D eigenvalue weighted by Gasteiger charge is -2.43. The second kappa shape index (κ2) is 6.07. The standard InChI is InChI=1S/C20H28N2O2/c1-24-17-7-5-16(6-8-17)20(9-10-20)22-19(23)15-11-13-3-2-4-14(12-15)18(13)21/h5-8,13-15,18H,2-4,9-12,21H2,1H3,(H,22,23). The Kier molecular flexibility index (Phi) is 4.03. The van der Waals surface area contributed by atoms with Crippen LogP contribution in [0.1, 0.15) is 50.5 Å². The van der Waals surface area contributed by atoms with Crippen LogP contribution in [0.3, 0.4) is 0 Å². The molecule has 0 heterocycles. The molecule has 1 aromatic rings. The molecule has 0 saturated heterocycles. The van der Waals surface area contributed by atoms with Crippen LogP contribution < -0.4 is 15.8 Å². The van der Waals surface area contributed by atoms with E-state index in [1.54, 1.807) is 7.11 Å². The molecule has 2 bridgehead atoms. The van der Waals surface area contributed by atoms with Gasteiger partial charge in [-0.05, 0) is 68.1 Å². The number of nitrogens with two attached hydrogens (primary N) is 1. The molecule has 1 aromatic carbocycles. The Hall–Kier alpha value is -1.55. The molecule has 3 aliphatic rings. The van der Waals surface area contributed by atoms with E-state index in [2.05, 4.69) is 17.4 Å². The van der Waals surface area contributed by atoms with Crippen molar-refractivity contribution >= 4 is 5.91 Å². The van der Waals surface area contributed by atoms with Crippen molar-refractivity contribution in [1.29, 1.82) is 0 Å². The summed E-state index contributed by atoms with van der Waals surface area (Å²) in [6.45, 7) is 0. The van der Waals surface area contributed by atoms with Crippen LogP contribution >= 0.6 is 0 Å². The maximum atomic E-state index is 12.9. The van der Waals surface area contributed by atoms with Crippen molar-refractivity contribution in [3.63, 3.8) is 0 Å². The number of carbonyl (C=O) groups excluding carboxylic acids is 1. The Morgan fingerprint density at radius 2 is 1.79 bits per heavy atom. The number of amides is 1. The second-order valence-corrected chi connectivity index (χ2v) is 8.00. The third-order valence-electron chi connectivity index (χ3n) is 6.54. The molecule has 0 aliphatic heterocycles. The number of methoxy groups -OCH3 is 1. The molecule has 0 aromatic heterocycles. The highest BCUT2D eigenvalue weighted by atomic mass is 16.5. The maximum absolute atomic E-state index is 12.9. The molecule has 3 N–H and O–H groups in total. The number of hydrogen-bond acceptors (Lipinski definition) is 3. The number of hydrogen-bond donors (Lipinski definition) is 2. The van der Waals surface area contributed by atoms with Gasteiger partial charge in [0.25, 0.3) is 0 Å². The molecule has 4 rings (SSSR count). The minimum atomic E-state index is -0.141. The molecular formula is C20H28N2O2. The smallest absolute Gasteiger partial charge is 0.223 e. The third kappa shape index (κ3) is 2.81. The zero-order valence-electron chi connectivity index (χ0n) is 14.5. The molecule has 3 fully saturated rings. The van der Waals surface area contributed by atoms with Crippen LogP contribution in [0.25, 0.3) is 0 Å². The summed E-state index contributed by atoms with van der Waals surface area (Å²) in [5, 5.41) is 3.37. The van der Waals surface area contributed by atoms with Gasteiger partial charge in [-0.2, -0.15) is 0 Å². The topological polar surface area (TPSA) is 64.3 Å². The predicted molar refractivity (Wildman–Crippen MR) is 93.6 cm³/mol. The van der Waals surface area contributed by atoms with Crippen molar-refractivity contribution in [2.75, 3.05) is 7.11 Å². The molecule has 0 radical (unpaired) electrons. The van der Waals surface area contributed by atoms with Gasteiger partial charge in [-0.25, -0.2) is 0 Å². The highest BCUT2D eigenvalue weighted by molar-refractivity contribution is 5.80. The second-order valence-electron chi connectivity index (χ2n) is 8.00. The van der Waals surface area contributed by atoms with Crippen molar-refractivity contribution in [1.82, 2.24) is 5.32 Å². The number of benzene rings is 1. The fourth-order valence-corrected chi connectivity index (χ4v) is 4.86. The van der Waals surface area contributed by atoms with E-state index in [0.29, 0.717) is 17.9 Å². The Labute approximate surface area is 144 Å². The van der Waals surface area contributed by atoms with Gasteiger partial charge in [0.1, 0.15) is 5.75 Å². The lowest BCUT2D eigenvalue weighted by molar-refractivity contribution is -0.129. The van der Waals surface area contributed by atoms with E-state index in [1.165, 1.54) is 24.8 Å². The van der Waals surface area contributed by atoms with E-state index < -0.39 is 0 Å². The van der Waals surface area contributed by atoms with Gasteiger partial charge in [0.2, 0.25) is 5.91 Å². The monoisotopic (exact) mass is 328 g/mol. The minimum absolute atomic E-state index is 0.141. The summed E-state index contributed by atoms with van der Waals surface area (Å²) >= 11 is 0. The summed E-state index contributed by atoms with van der Waals surface area (Å²) in [4.78, 5) is 12.9. The molecule has 4 nitrogen and oxygen atoms in total. The molecule has 4 heteroatoms. The summed E-state index contributed by atoms with van der Waals surface area (Å²) in [6, 6.07) is 8.44. The highest BCUT2D eigenvalue weighted by Gasteiger charge is 2.48. The van der Waals surface area contributed by atoms with Gasteiger partial charge in [-0.1, -0.05) is 18.6 Å². The lowest BCUT2D eigenvalue weighted by atomic mass is 9.65. The number of nitrogens with one attached hydrogen (secondary N) is 1. The molecule has 3 saturated carbocycles.